The molecule has 0 bridgehead atoms. The van der Waals surface area contributed by atoms with Crippen molar-refractivity contribution >= 4 is 34.8 Å². The van der Waals surface area contributed by atoms with Crippen LogP contribution in [0.15, 0.2) is 48.7 Å². The van der Waals surface area contributed by atoms with E-state index in [0.29, 0.717) is 39.0 Å². The lowest BCUT2D eigenvalue weighted by Gasteiger charge is -2.35. The van der Waals surface area contributed by atoms with Crippen molar-refractivity contribution in [1.29, 1.82) is 0 Å². The number of nitrogens with zero attached hydrogens (tertiary/aromatic N) is 5. The lowest BCUT2D eigenvalue weighted by molar-refractivity contribution is -0.119. The van der Waals surface area contributed by atoms with E-state index in [9.17, 15) is 9.59 Å². The van der Waals surface area contributed by atoms with Gasteiger partial charge >= 0.3 is 6.01 Å². The van der Waals surface area contributed by atoms with Crippen LogP contribution in [0.2, 0.25) is 5.02 Å². The van der Waals surface area contributed by atoms with Crippen molar-refractivity contribution in [2.75, 3.05) is 24.4 Å². The molecule has 0 saturated carbocycles. The lowest BCUT2D eigenvalue weighted by atomic mass is 9.87. The van der Waals surface area contributed by atoms with Crippen molar-refractivity contribution in [1.82, 2.24) is 19.5 Å². The molecule has 1 unspecified atom stereocenters. The highest BCUT2D eigenvalue weighted by Gasteiger charge is 2.64. The van der Waals surface area contributed by atoms with E-state index < -0.39 is 11.4 Å². The van der Waals surface area contributed by atoms with Crippen LogP contribution in [0.1, 0.15) is 47.2 Å². The summed E-state index contributed by atoms with van der Waals surface area (Å²) >= 11 is 6.31. The predicted molar refractivity (Wildman–Crippen MR) is 146 cm³/mol. The Kier molecular flexibility index (Phi) is 5.62. The normalized spacial score (nSPS) is 17.6. The molecule has 1 atom stereocenters. The Morgan fingerprint density at radius 2 is 1.85 bits per heavy atom. The maximum Gasteiger partial charge on any atom is 0.319 e. The van der Waals surface area contributed by atoms with Crippen LogP contribution in [0.3, 0.4) is 0 Å². The fourth-order valence-corrected chi connectivity index (χ4v) is 5.72. The molecule has 1 spiro atoms. The van der Waals surface area contributed by atoms with E-state index in [-0.39, 0.29) is 29.5 Å². The van der Waals surface area contributed by atoms with E-state index in [1.807, 2.05) is 49.6 Å². The highest BCUT2D eigenvalue weighted by atomic mass is 35.5. The number of fused-ring (bicyclic) bond motifs is 4. The summed E-state index contributed by atoms with van der Waals surface area (Å²) in [6.45, 7) is 5.86. The minimum Gasteiger partial charge on any atom is -0.480 e. The number of rotatable bonds is 5. The van der Waals surface area contributed by atoms with Gasteiger partial charge in [0.15, 0.2) is 11.2 Å². The average molecular weight is 545 g/mol. The minimum atomic E-state index is -1.53. The number of methoxy groups -OCH3 is 2. The lowest BCUT2D eigenvalue weighted by Crippen LogP contribution is -2.51. The van der Waals surface area contributed by atoms with Crippen LogP contribution in [0.5, 0.6) is 11.9 Å². The number of aryl methyl sites for hydroxylation is 1. The Balaban J connectivity index is 1.71. The third-order valence-electron chi connectivity index (χ3n) is 7.07. The number of carbonyl (C=O) groups is 2. The molecule has 0 aliphatic carbocycles. The fourth-order valence-electron chi connectivity index (χ4n) is 5.55. The number of aromatic nitrogens is 4. The van der Waals surface area contributed by atoms with E-state index in [1.165, 1.54) is 19.1 Å². The summed E-state index contributed by atoms with van der Waals surface area (Å²) < 4.78 is 12.6. The quantitative estimate of drug-likeness (QED) is 0.385. The number of benzene rings is 2. The standard InChI is InChI=1S/C28H25ClN6O4/c1-14(2)34-22-21(32-23(34)18-13-30-27(39-5)33-24(18)38-4)25(36)35(17-8-6-7-15(3)11-17)28(22)19-10-9-16(29)12-20(19)31-26(28)37/h6-14H,1-5H3,(H,31,37). The smallest absolute Gasteiger partial charge is 0.319 e. The highest BCUT2D eigenvalue weighted by Crippen LogP contribution is 2.54. The number of anilines is 2. The summed E-state index contributed by atoms with van der Waals surface area (Å²) in [6.07, 6.45) is 1.54. The van der Waals surface area contributed by atoms with Crippen molar-refractivity contribution in [3.63, 3.8) is 0 Å². The molecule has 0 fully saturated rings. The molecule has 2 aromatic carbocycles. The molecular weight excluding hydrogens is 520 g/mol. The first-order valence-electron chi connectivity index (χ1n) is 12.3. The molecule has 6 rings (SSSR count). The molecule has 0 saturated heterocycles. The Bertz CT molecular complexity index is 1680. The number of amides is 2. The van der Waals surface area contributed by atoms with Crippen LogP contribution in [0, 0.1) is 6.92 Å². The van der Waals surface area contributed by atoms with Gasteiger partial charge in [-0.15, -0.1) is 0 Å². The van der Waals surface area contributed by atoms with Gasteiger partial charge in [-0.25, -0.2) is 9.97 Å². The summed E-state index contributed by atoms with van der Waals surface area (Å²) in [5.74, 6) is -0.142. The van der Waals surface area contributed by atoms with Crippen molar-refractivity contribution in [2.45, 2.75) is 32.4 Å². The second-order valence-corrected chi connectivity index (χ2v) is 10.1. The molecule has 198 valence electrons. The summed E-state index contributed by atoms with van der Waals surface area (Å²) in [6, 6.07) is 12.6. The number of ether oxygens (including phenoxy) is 2. The predicted octanol–water partition coefficient (Wildman–Crippen LogP) is 4.76. The van der Waals surface area contributed by atoms with Crippen molar-refractivity contribution in [3.8, 4) is 23.3 Å². The van der Waals surface area contributed by atoms with E-state index in [1.54, 1.807) is 24.4 Å². The second kappa shape index (κ2) is 8.81. The zero-order chi connectivity index (χ0) is 27.6. The number of carbonyl (C=O) groups excluding carboxylic acids is 2. The molecule has 2 aliphatic heterocycles. The van der Waals surface area contributed by atoms with Crippen molar-refractivity contribution in [2.24, 2.45) is 0 Å². The monoisotopic (exact) mass is 544 g/mol. The Hall–Kier alpha value is -4.44. The van der Waals surface area contributed by atoms with Gasteiger partial charge in [-0.1, -0.05) is 29.8 Å². The summed E-state index contributed by atoms with van der Waals surface area (Å²) in [5.41, 5.74) is 2.22. The van der Waals surface area contributed by atoms with Crippen LogP contribution >= 0.6 is 11.6 Å². The van der Waals surface area contributed by atoms with E-state index in [0.717, 1.165) is 5.56 Å². The van der Waals surface area contributed by atoms with Gasteiger partial charge < -0.3 is 19.4 Å². The van der Waals surface area contributed by atoms with Gasteiger partial charge in [-0.3, -0.25) is 14.5 Å². The molecule has 11 heteroatoms. The average Bonchev–Trinajstić information content (AvgIpc) is 3.52. The molecule has 1 N–H and O–H groups in total. The SMILES string of the molecule is COc1ncc(-c2nc3c(n2C(C)C)C2(C(=O)Nc4cc(Cl)ccc42)N(c2cccc(C)c2)C3=O)c(OC)n1. The molecular formula is C28H25ClN6O4. The molecule has 2 aromatic heterocycles. The molecule has 2 aliphatic rings. The van der Waals surface area contributed by atoms with Gasteiger partial charge in [-0.05, 0) is 50.6 Å². The maximum atomic E-state index is 14.3. The molecule has 4 heterocycles. The van der Waals surface area contributed by atoms with Crippen LogP contribution in [-0.2, 0) is 10.3 Å². The Morgan fingerprint density at radius 3 is 2.54 bits per heavy atom. The first-order chi connectivity index (χ1) is 18.7. The summed E-state index contributed by atoms with van der Waals surface area (Å²) in [5, 5.41) is 3.44. The number of imidazole rings is 1. The van der Waals surface area contributed by atoms with Crippen LogP contribution in [0.25, 0.3) is 11.4 Å². The van der Waals surface area contributed by atoms with Crippen LogP contribution < -0.4 is 19.7 Å². The topological polar surface area (TPSA) is 111 Å². The van der Waals surface area contributed by atoms with Gasteiger partial charge in [-0.2, -0.15) is 4.98 Å². The Morgan fingerprint density at radius 1 is 1.05 bits per heavy atom. The van der Waals surface area contributed by atoms with Gasteiger partial charge in [0.2, 0.25) is 5.88 Å². The van der Waals surface area contributed by atoms with Gasteiger partial charge in [0.1, 0.15) is 5.82 Å². The van der Waals surface area contributed by atoms with Gasteiger partial charge in [0.25, 0.3) is 11.8 Å². The second-order valence-electron chi connectivity index (χ2n) is 9.71. The molecule has 10 nitrogen and oxygen atoms in total. The third kappa shape index (κ3) is 3.37. The van der Waals surface area contributed by atoms with Gasteiger partial charge in [0, 0.05) is 34.2 Å². The van der Waals surface area contributed by atoms with E-state index in [4.69, 9.17) is 26.1 Å². The van der Waals surface area contributed by atoms with E-state index >= 15 is 0 Å². The maximum absolute atomic E-state index is 14.3. The molecule has 39 heavy (non-hydrogen) atoms. The minimum absolute atomic E-state index is 0.130. The largest absolute Gasteiger partial charge is 0.480 e. The number of hydrogen-bond acceptors (Lipinski definition) is 7. The van der Waals surface area contributed by atoms with Gasteiger partial charge in [0.05, 0.1) is 25.5 Å². The zero-order valence-corrected chi connectivity index (χ0v) is 22.7. The molecule has 0 radical (unpaired) electrons. The van der Waals surface area contributed by atoms with E-state index in [2.05, 4.69) is 15.3 Å². The first-order valence-corrected chi connectivity index (χ1v) is 12.7. The number of nitrogens with one attached hydrogen (secondary N) is 1. The molecule has 4 aromatic rings. The molecule has 2 amide bonds. The Labute approximate surface area is 229 Å². The summed E-state index contributed by atoms with van der Waals surface area (Å²) in [4.78, 5) is 43.5. The number of hydrogen-bond donors (Lipinski definition) is 1. The fraction of sp³-hybridized carbons (Fsp3) is 0.250. The van der Waals surface area contributed by atoms with Crippen LogP contribution in [0.4, 0.5) is 11.4 Å². The third-order valence-corrected chi connectivity index (χ3v) is 7.30. The summed E-state index contributed by atoms with van der Waals surface area (Å²) in [7, 11) is 2.95. The van der Waals surface area contributed by atoms with Crippen LogP contribution in [-0.4, -0.2) is 45.6 Å². The first kappa shape index (κ1) is 24.9. The van der Waals surface area contributed by atoms with Crippen molar-refractivity contribution in [3.05, 3.63) is 76.2 Å². The zero-order valence-electron chi connectivity index (χ0n) is 21.9. The highest BCUT2D eigenvalue weighted by molar-refractivity contribution is 6.31. The van der Waals surface area contributed by atoms with Crippen molar-refractivity contribution < 1.29 is 19.1 Å². The number of halogens is 1.